The summed E-state index contributed by atoms with van der Waals surface area (Å²) in [6.07, 6.45) is 2.45. The number of pyridine rings is 1. The number of rotatable bonds is 4. The Kier molecular flexibility index (Phi) is 3.06. The Balaban J connectivity index is 2.62. The normalized spacial score (nSPS) is 11.0. The maximum atomic E-state index is 10.6. The minimum atomic E-state index is -0.498. The highest BCUT2D eigenvalue weighted by Crippen LogP contribution is 2.20. The molecule has 4 heteroatoms. The molecule has 1 rings (SSSR count). The van der Waals surface area contributed by atoms with Crippen molar-refractivity contribution < 1.29 is 9.53 Å². The number of aldehydes is 1. The number of hydrogen-bond acceptors (Lipinski definition) is 4. The fraction of sp³-hybridized carbons (Fsp3) is 0.400. The first-order chi connectivity index (χ1) is 6.55. The molecule has 4 nitrogen and oxygen atoms in total. The average molecular weight is 194 g/mol. The molecular formula is C10H14N2O2. The van der Waals surface area contributed by atoms with Crippen molar-refractivity contribution in [2.24, 2.45) is 5.41 Å². The van der Waals surface area contributed by atoms with Crippen molar-refractivity contribution in [3.8, 4) is 5.75 Å². The topological polar surface area (TPSA) is 65.2 Å². The van der Waals surface area contributed by atoms with Crippen molar-refractivity contribution in [2.45, 2.75) is 13.8 Å². The lowest BCUT2D eigenvalue weighted by Gasteiger charge is -2.17. The fourth-order valence-corrected chi connectivity index (χ4v) is 0.823. The van der Waals surface area contributed by atoms with Crippen LogP contribution in [-0.2, 0) is 4.79 Å². The Bertz CT molecular complexity index is 324. The molecule has 1 aromatic rings. The summed E-state index contributed by atoms with van der Waals surface area (Å²) in [6, 6.07) is 3.46. The maximum absolute atomic E-state index is 10.6. The smallest absolute Gasteiger partial charge is 0.166 e. The van der Waals surface area contributed by atoms with Crippen molar-refractivity contribution in [2.75, 3.05) is 12.3 Å². The van der Waals surface area contributed by atoms with E-state index in [0.29, 0.717) is 18.2 Å². The Morgan fingerprint density at radius 1 is 1.64 bits per heavy atom. The van der Waals surface area contributed by atoms with E-state index in [4.69, 9.17) is 10.5 Å². The van der Waals surface area contributed by atoms with E-state index < -0.39 is 5.41 Å². The van der Waals surface area contributed by atoms with Gasteiger partial charge < -0.3 is 15.3 Å². The van der Waals surface area contributed by atoms with Crippen molar-refractivity contribution in [1.82, 2.24) is 4.98 Å². The molecule has 0 bridgehead atoms. The number of carbonyl (C=O) groups excluding carboxylic acids is 1. The summed E-state index contributed by atoms with van der Waals surface area (Å²) in [5.41, 5.74) is 5.07. The Hall–Kier alpha value is -1.58. The third kappa shape index (κ3) is 2.73. The first kappa shape index (κ1) is 10.5. The second-order valence-corrected chi connectivity index (χ2v) is 3.78. The van der Waals surface area contributed by atoms with Gasteiger partial charge in [0.1, 0.15) is 12.9 Å². The molecule has 0 saturated carbocycles. The summed E-state index contributed by atoms with van der Waals surface area (Å²) in [5.74, 6) is 0.858. The van der Waals surface area contributed by atoms with E-state index in [1.54, 1.807) is 32.2 Å². The van der Waals surface area contributed by atoms with Gasteiger partial charge in [-0.25, -0.2) is 4.98 Å². The van der Waals surface area contributed by atoms with Gasteiger partial charge in [-0.1, -0.05) is 0 Å². The molecule has 0 aliphatic rings. The number of nitrogens with two attached hydrogens (primary N) is 1. The van der Waals surface area contributed by atoms with Crippen molar-refractivity contribution >= 4 is 12.1 Å². The zero-order valence-electron chi connectivity index (χ0n) is 8.36. The van der Waals surface area contributed by atoms with Crippen LogP contribution in [0.2, 0.25) is 0 Å². The van der Waals surface area contributed by atoms with Gasteiger partial charge in [0, 0.05) is 6.20 Å². The van der Waals surface area contributed by atoms with E-state index in [9.17, 15) is 4.79 Å². The number of nitrogen functional groups attached to an aromatic ring is 1. The van der Waals surface area contributed by atoms with Crippen LogP contribution in [0.1, 0.15) is 13.8 Å². The lowest BCUT2D eigenvalue weighted by Crippen LogP contribution is -2.23. The molecule has 0 aliphatic heterocycles. The molecule has 0 fully saturated rings. The maximum Gasteiger partial charge on any atom is 0.166 e. The van der Waals surface area contributed by atoms with Crippen LogP contribution in [0.3, 0.4) is 0 Å². The third-order valence-corrected chi connectivity index (χ3v) is 1.72. The van der Waals surface area contributed by atoms with E-state index >= 15 is 0 Å². The van der Waals surface area contributed by atoms with Gasteiger partial charge in [-0.3, -0.25) is 0 Å². The van der Waals surface area contributed by atoms with Gasteiger partial charge in [-0.05, 0) is 26.0 Å². The predicted molar refractivity (Wildman–Crippen MR) is 54.0 cm³/mol. The minimum absolute atomic E-state index is 0.298. The summed E-state index contributed by atoms with van der Waals surface area (Å²) in [5, 5.41) is 0. The van der Waals surface area contributed by atoms with Crippen LogP contribution in [0, 0.1) is 5.41 Å². The van der Waals surface area contributed by atoms with Gasteiger partial charge in [0.2, 0.25) is 0 Å². The molecule has 0 aliphatic carbocycles. The van der Waals surface area contributed by atoms with E-state index in [1.807, 2.05) is 0 Å². The van der Waals surface area contributed by atoms with E-state index in [2.05, 4.69) is 4.98 Å². The molecule has 2 N–H and O–H groups in total. The van der Waals surface area contributed by atoms with Crippen LogP contribution in [-0.4, -0.2) is 17.9 Å². The molecular weight excluding hydrogens is 180 g/mol. The van der Waals surface area contributed by atoms with Gasteiger partial charge >= 0.3 is 0 Å². The number of carbonyl (C=O) groups is 1. The second-order valence-electron chi connectivity index (χ2n) is 3.78. The highest BCUT2D eigenvalue weighted by molar-refractivity contribution is 5.58. The molecule has 14 heavy (non-hydrogen) atoms. The Morgan fingerprint density at radius 3 is 2.93 bits per heavy atom. The van der Waals surface area contributed by atoms with Crippen LogP contribution in [0.25, 0.3) is 0 Å². The zero-order valence-corrected chi connectivity index (χ0v) is 8.36. The Labute approximate surface area is 83.1 Å². The molecule has 0 unspecified atom stereocenters. The van der Waals surface area contributed by atoms with Crippen LogP contribution in [0.15, 0.2) is 18.3 Å². The van der Waals surface area contributed by atoms with Crippen LogP contribution in [0.4, 0.5) is 5.82 Å². The van der Waals surface area contributed by atoms with E-state index in [0.717, 1.165) is 6.29 Å². The first-order valence-electron chi connectivity index (χ1n) is 4.35. The van der Waals surface area contributed by atoms with Crippen LogP contribution < -0.4 is 10.5 Å². The molecule has 0 amide bonds. The molecule has 0 spiro atoms. The summed E-state index contributed by atoms with van der Waals surface area (Å²) < 4.78 is 5.37. The first-order valence-corrected chi connectivity index (χ1v) is 4.35. The minimum Gasteiger partial charge on any atom is -0.489 e. The number of aromatic nitrogens is 1. The van der Waals surface area contributed by atoms with Crippen LogP contribution in [0.5, 0.6) is 5.75 Å². The van der Waals surface area contributed by atoms with Crippen LogP contribution >= 0.6 is 0 Å². The second kappa shape index (κ2) is 4.09. The molecule has 1 heterocycles. The molecule has 0 saturated heterocycles. The SMILES string of the molecule is CC(C)(C=O)COc1cccnc1N. The lowest BCUT2D eigenvalue weighted by atomic mass is 9.98. The summed E-state index contributed by atoms with van der Waals surface area (Å²) in [4.78, 5) is 14.5. The number of anilines is 1. The lowest BCUT2D eigenvalue weighted by molar-refractivity contribution is -0.116. The fourth-order valence-electron chi connectivity index (χ4n) is 0.823. The van der Waals surface area contributed by atoms with E-state index in [-0.39, 0.29) is 0 Å². The van der Waals surface area contributed by atoms with Crippen molar-refractivity contribution in [3.05, 3.63) is 18.3 Å². The highest BCUT2D eigenvalue weighted by atomic mass is 16.5. The largest absolute Gasteiger partial charge is 0.489 e. The summed E-state index contributed by atoms with van der Waals surface area (Å²) >= 11 is 0. The molecule has 0 radical (unpaired) electrons. The molecule has 0 aromatic carbocycles. The Morgan fingerprint density at radius 2 is 2.36 bits per heavy atom. The van der Waals surface area contributed by atoms with Gasteiger partial charge in [0.25, 0.3) is 0 Å². The number of nitrogens with zero attached hydrogens (tertiary/aromatic N) is 1. The third-order valence-electron chi connectivity index (χ3n) is 1.72. The quantitative estimate of drug-likeness (QED) is 0.733. The molecule has 0 atom stereocenters. The van der Waals surface area contributed by atoms with Gasteiger partial charge in [-0.2, -0.15) is 0 Å². The molecule has 76 valence electrons. The average Bonchev–Trinajstić information content (AvgIpc) is 2.17. The summed E-state index contributed by atoms with van der Waals surface area (Å²) in [6.45, 7) is 3.89. The van der Waals surface area contributed by atoms with Gasteiger partial charge in [0.15, 0.2) is 11.6 Å². The molecule has 1 aromatic heterocycles. The monoisotopic (exact) mass is 194 g/mol. The highest BCUT2D eigenvalue weighted by Gasteiger charge is 2.17. The standard InChI is InChI=1S/C10H14N2O2/c1-10(2,6-13)7-14-8-4-3-5-12-9(8)11/h3-6H,7H2,1-2H3,(H2,11,12). The van der Waals surface area contributed by atoms with Gasteiger partial charge in [0.05, 0.1) is 5.41 Å². The van der Waals surface area contributed by atoms with Crippen molar-refractivity contribution in [3.63, 3.8) is 0 Å². The van der Waals surface area contributed by atoms with E-state index in [1.165, 1.54) is 0 Å². The van der Waals surface area contributed by atoms with Crippen molar-refractivity contribution in [1.29, 1.82) is 0 Å². The number of ether oxygens (including phenoxy) is 1. The number of hydrogen-bond donors (Lipinski definition) is 1. The predicted octanol–water partition coefficient (Wildman–Crippen LogP) is 1.27. The summed E-state index contributed by atoms with van der Waals surface area (Å²) in [7, 11) is 0. The van der Waals surface area contributed by atoms with Gasteiger partial charge in [-0.15, -0.1) is 0 Å². The zero-order chi connectivity index (χ0) is 10.6.